The van der Waals surface area contributed by atoms with Crippen LogP contribution in [0.25, 0.3) is 5.69 Å². The minimum Gasteiger partial charge on any atom is -0.545 e. The average molecular weight is 392 g/mol. The van der Waals surface area contributed by atoms with Gasteiger partial charge in [0.25, 0.3) is 5.69 Å². The average Bonchev–Trinajstić information content (AvgIpc) is 2.96. The maximum absolute atomic E-state index is 11.3. The number of nitro groups is 1. The first-order valence-corrected chi connectivity index (χ1v) is 8.69. The van der Waals surface area contributed by atoms with Crippen molar-refractivity contribution in [1.82, 2.24) is 9.55 Å². The van der Waals surface area contributed by atoms with Gasteiger partial charge in [-0.3, -0.25) is 15.5 Å². The van der Waals surface area contributed by atoms with Gasteiger partial charge >= 0.3 is 0 Å². The summed E-state index contributed by atoms with van der Waals surface area (Å²) in [6.45, 7) is 5.57. The molecule has 3 rings (SSSR count). The summed E-state index contributed by atoms with van der Waals surface area (Å²) < 4.78 is 1.95. The van der Waals surface area contributed by atoms with Gasteiger partial charge in [0, 0.05) is 34.3 Å². The number of hydrogen-bond donors (Lipinski definition) is 1. The van der Waals surface area contributed by atoms with Crippen LogP contribution in [0.15, 0.2) is 47.7 Å². The molecule has 0 saturated carbocycles. The van der Waals surface area contributed by atoms with E-state index in [9.17, 15) is 20.0 Å². The lowest BCUT2D eigenvalue weighted by Crippen LogP contribution is -2.23. The van der Waals surface area contributed by atoms with Gasteiger partial charge in [-0.25, -0.2) is 4.98 Å². The van der Waals surface area contributed by atoms with E-state index in [1.807, 2.05) is 30.5 Å². The van der Waals surface area contributed by atoms with Crippen LogP contribution in [0.3, 0.4) is 0 Å². The summed E-state index contributed by atoms with van der Waals surface area (Å²) >= 11 is 0. The van der Waals surface area contributed by atoms with Crippen molar-refractivity contribution in [1.29, 1.82) is 0 Å². The van der Waals surface area contributed by atoms with Crippen LogP contribution < -0.4 is 10.5 Å². The number of aromatic carboxylic acids is 1. The highest BCUT2D eigenvalue weighted by Crippen LogP contribution is 2.24. The van der Waals surface area contributed by atoms with Gasteiger partial charge < -0.3 is 14.5 Å². The molecule has 1 N–H and O–H groups in total. The maximum atomic E-state index is 11.3. The predicted molar refractivity (Wildman–Crippen MR) is 106 cm³/mol. The molecular formula is C20H18N5O4-. The zero-order chi connectivity index (χ0) is 21.1. The number of nitrogens with zero attached hydrogens (tertiary/aromatic N) is 4. The Morgan fingerprint density at radius 3 is 2.62 bits per heavy atom. The molecule has 0 radical (unpaired) electrons. The van der Waals surface area contributed by atoms with E-state index in [1.165, 1.54) is 18.2 Å². The van der Waals surface area contributed by atoms with E-state index in [0.717, 1.165) is 28.8 Å². The van der Waals surface area contributed by atoms with E-state index in [2.05, 4.69) is 15.5 Å². The van der Waals surface area contributed by atoms with Crippen LogP contribution in [0, 0.1) is 30.9 Å². The number of hydrazone groups is 1. The van der Waals surface area contributed by atoms with Crippen molar-refractivity contribution in [2.45, 2.75) is 20.8 Å². The summed E-state index contributed by atoms with van der Waals surface area (Å²) in [6, 6.07) is 9.78. The molecule has 2 heterocycles. The van der Waals surface area contributed by atoms with Gasteiger partial charge in [0.05, 0.1) is 17.1 Å². The molecule has 0 saturated heterocycles. The molecular weight excluding hydrogens is 374 g/mol. The highest BCUT2D eigenvalue weighted by molar-refractivity contribution is 5.89. The van der Waals surface area contributed by atoms with Crippen molar-refractivity contribution in [2.75, 3.05) is 5.43 Å². The van der Waals surface area contributed by atoms with E-state index >= 15 is 0 Å². The molecule has 0 aliphatic carbocycles. The quantitative estimate of drug-likeness (QED) is 0.390. The van der Waals surface area contributed by atoms with Gasteiger partial charge in [-0.15, -0.1) is 0 Å². The third-order valence-corrected chi connectivity index (χ3v) is 4.58. The lowest BCUT2D eigenvalue weighted by molar-refractivity contribution is -0.385. The Balaban J connectivity index is 1.86. The van der Waals surface area contributed by atoms with Crippen molar-refractivity contribution in [2.24, 2.45) is 5.10 Å². The monoisotopic (exact) mass is 392 g/mol. The maximum Gasteiger partial charge on any atom is 0.287 e. The molecule has 0 fully saturated rings. The van der Waals surface area contributed by atoms with Crippen molar-refractivity contribution in [3.8, 4) is 5.69 Å². The summed E-state index contributed by atoms with van der Waals surface area (Å²) in [5.74, 6) is -0.841. The zero-order valence-electron chi connectivity index (χ0n) is 16.0. The lowest BCUT2D eigenvalue weighted by atomic mass is 10.1. The minimum absolute atomic E-state index is 0.0998. The molecule has 0 amide bonds. The Hall–Kier alpha value is -4.01. The van der Waals surface area contributed by atoms with Crippen LogP contribution >= 0.6 is 0 Å². The van der Waals surface area contributed by atoms with E-state index < -0.39 is 10.9 Å². The molecule has 9 nitrogen and oxygen atoms in total. The van der Waals surface area contributed by atoms with Crippen LogP contribution in [-0.4, -0.2) is 26.7 Å². The Bertz CT molecular complexity index is 1120. The van der Waals surface area contributed by atoms with Crippen molar-refractivity contribution >= 4 is 23.7 Å². The van der Waals surface area contributed by atoms with Crippen LogP contribution in [-0.2, 0) is 0 Å². The number of pyridine rings is 1. The van der Waals surface area contributed by atoms with Crippen molar-refractivity contribution < 1.29 is 14.8 Å². The van der Waals surface area contributed by atoms with Gasteiger partial charge in [0.1, 0.15) is 12.0 Å². The molecule has 2 aromatic heterocycles. The molecule has 1 aromatic carbocycles. The van der Waals surface area contributed by atoms with Crippen LogP contribution in [0.1, 0.15) is 32.9 Å². The van der Waals surface area contributed by atoms with Crippen LogP contribution in [0.5, 0.6) is 0 Å². The smallest absolute Gasteiger partial charge is 0.287 e. The molecule has 29 heavy (non-hydrogen) atoms. The van der Waals surface area contributed by atoms with Gasteiger partial charge in [-0.1, -0.05) is 12.1 Å². The second-order valence-corrected chi connectivity index (χ2v) is 6.43. The Morgan fingerprint density at radius 1 is 1.24 bits per heavy atom. The fraction of sp³-hybridized carbons (Fsp3) is 0.150. The topological polar surface area (TPSA) is 125 Å². The summed E-state index contributed by atoms with van der Waals surface area (Å²) in [5.41, 5.74) is 6.77. The molecule has 0 aliphatic rings. The lowest BCUT2D eigenvalue weighted by Gasteiger charge is -2.16. The van der Waals surface area contributed by atoms with E-state index in [1.54, 1.807) is 19.2 Å². The zero-order valence-corrected chi connectivity index (χ0v) is 16.0. The van der Waals surface area contributed by atoms with Crippen LogP contribution in [0.2, 0.25) is 0 Å². The number of carboxylic acid groups (broad SMARTS) is 1. The molecule has 9 heteroatoms. The van der Waals surface area contributed by atoms with E-state index in [-0.39, 0.29) is 11.3 Å². The molecule has 0 atom stereocenters. The molecule has 3 aromatic rings. The normalized spacial score (nSPS) is 11.0. The van der Waals surface area contributed by atoms with Crippen molar-refractivity contribution in [3.05, 3.63) is 80.8 Å². The Labute approximate surface area is 166 Å². The Morgan fingerprint density at radius 2 is 2.00 bits per heavy atom. The number of carbonyl (C=O) groups excluding carboxylic acids is 1. The van der Waals surface area contributed by atoms with Gasteiger partial charge in [0.2, 0.25) is 0 Å². The number of hydrogen-bond acceptors (Lipinski definition) is 7. The number of carboxylic acids is 1. The number of benzene rings is 1. The number of rotatable bonds is 6. The third kappa shape index (κ3) is 3.98. The minimum atomic E-state index is -1.21. The van der Waals surface area contributed by atoms with Gasteiger partial charge in [-0.2, -0.15) is 5.10 Å². The van der Waals surface area contributed by atoms with E-state index in [4.69, 9.17) is 0 Å². The highest BCUT2D eigenvalue weighted by Gasteiger charge is 2.13. The van der Waals surface area contributed by atoms with Crippen LogP contribution in [0.4, 0.5) is 11.5 Å². The summed E-state index contributed by atoms with van der Waals surface area (Å²) in [5, 5.41) is 26.1. The standard InChI is InChI=1S/C20H19N5O4/c1-12-9-15(10-22-23-19-8-7-16(11-21-19)25(28)29)14(3)24(12)18-6-4-5-17(13(18)2)20(26)27/h4-11H,1-3H3,(H,21,23)(H,26,27)/p-1/b22-10+. The van der Waals surface area contributed by atoms with Gasteiger partial charge in [0.15, 0.2) is 0 Å². The molecule has 0 unspecified atom stereocenters. The number of nitrogens with one attached hydrogen (secondary N) is 1. The van der Waals surface area contributed by atoms with E-state index in [0.29, 0.717) is 11.4 Å². The third-order valence-electron chi connectivity index (χ3n) is 4.58. The first kappa shape index (κ1) is 19.7. The number of aryl methyl sites for hydroxylation is 1. The molecule has 0 aliphatic heterocycles. The summed E-state index contributed by atoms with van der Waals surface area (Å²) in [4.78, 5) is 25.4. The first-order chi connectivity index (χ1) is 13.8. The first-order valence-electron chi connectivity index (χ1n) is 8.69. The molecule has 0 bridgehead atoms. The number of anilines is 1. The SMILES string of the molecule is Cc1c(C(=O)[O-])cccc1-n1c(C)cc(/C=N/Nc2ccc([N+](=O)[O-])cn2)c1C. The van der Waals surface area contributed by atoms with Gasteiger partial charge in [-0.05, 0) is 44.5 Å². The predicted octanol–water partition coefficient (Wildman–Crippen LogP) is 2.52. The Kier molecular flexibility index (Phi) is 5.40. The second kappa shape index (κ2) is 7.93. The summed E-state index contributed by atoms with van der Waals surface area (Å²) in [6.07, 6.45) is 2.76. The molecule has 0 spiro atoms. The van der Waals surface area contributed by atoms with Crippen molar-refractivity contribution in [3.63, 3.8) is 0 Å². The highest BCUT2D eigenvalue weighted by atomic mass is 16.6. The number of carbonyl (C=O) groups is 1. The number of aromatic nitrogens is 2. The fourth-order valence-electron chi connectivity index (χ4n) is 3.10. The second-order valence-electron chi connectivity index (χ2n) is 6.43. The largest absolute Gasteiger partial charge is 0.545 e. The fourth-order valence-corrected chi connectivity index (χ4v) is 3.10. The summed E-state index contributed by atoms with van der Waals surface area (Å²) in [7, 11) is 0. The molecule has 148 valence electrons.